The summed E-state index contributed by atoms with van der Waals surface area (Å²) in [4.78, 5) is 22.2. The average Bonchev–Trinajstić information content (AvgIpc) is 3.08. The van der Waals surface area contributed by atoms with Gasteiger partial charge in [-0.3, -0.25) is 20.2 Å². The Morgan fingerprint density at radius 2 is 1.96 bits per heavy atom. The van der Waals surface area contributed by atoms with Gasteiger partial charge < -0.3 is 4.42 Å². The van der Waals surface area contributed by atoms with Gasteiger partial charge in [-0.2, -0.15) is 0 Å². The van der Waals surface area contributed by atoms with E-state index < -0.39 is 10.8 Å². The van der Waals surface area contributed by atoms with Crippen molar-refractivity contribution < 1.29 is 14.1 Å². The fourth-order valence-electron chi connectivity index (χ4n) is 2.21. The van der Waals surface area contributed by atoms with Crippen LogP contribution in [0.1, 0.15) is 17.0 Å². The average molecular weight is 350 g/mol. The smallest absolute Gasteiger partial charge is 0.322 e. The molecule has 8 heteroatoms. The first-order valence-electron chi connectivity index (χ1n) is 7.70. The number of non-ortho nitro benzene ring substituents is 1. The molecular weight excluding hydrogens is 336 g/mol. The van der Waals surface area contributed by atoms with Crippen LogP contribution < -0.4 is 5.32 Å². The minimum Gasteiger partial charge on any atom is -0.407 e. The summed E-state index contributed by atoms with van der Waals surface area (Å²) < 4.78 is 5.38. The Labute approximate surface area is 148 Å². The molecule has 8 nitrogen and oxygen atoms in total. The lowest BCUT2D eigenvalue weighted by atomic mass is 10.2. The van der Waals surface area contributed by atoms with Crippen LogP contribution in [0.25, 0.3) is 6.08 Å². The number of carbonyl (C=O) groups excluding carboxylic acids is 1. The molecule has 1 aromatic heterocycles. The van der Waals surface area contributed by atoms with Gasteiger partial charge in [-0.25, -0.2) is 0 Å². The Bertz CT molecular complexity index is 951. The number of anilines is 1. The Morgan fingerprint density at radius 1 is 1.15 bits per heavy atom. The number of amides is 1. The number of rotatable bonds is 6. The fourth-order valence-corrected chi connectivity index (χ4v) is 2.21. The third kappa shape index (κ3) is 4.60. The zero-order valence-electron chi connectivity index (χ0n) is 13.5. The molecule has 0 radical (unpaired) electrons. The molecule has 26 heavy (non-hydrogen) atoms. The molecule has 0 saturated carbocycles. The van der Waals surface area contributed by atoms with E-state index in [9.17, 15) is 14.9 Å². The summed E-state index contributed by atoms with van der Waals surface area (Å²) in [6, 6.07) is 15.5. The van der Waals surface area contributed by atoms with Crippen LogP contribution in [-0.2, 0) is 11.2 Å². The second kappa shape index (κ2) is 7.84. The number of nitrogens with zero attached hydrogens (tertiary/aromatic N) is 3. The molecule has 0 aliphatic carbocycles. The van der Waals surface area contributed by atoms with Crippen LogP contribution in [0.4, 0.5) is 11.7 Å². The number of carbonyl (C=O) groups is 1. The Morgan fingerprint density at radius 3 is 2.73 bits per heavy atom. The molecule has 3 rings (SSSR count). The van der Waals surface area contributed by atoms with E-state index in [1.54, 1.807) is 12.1 Å². The number of benzene rings is 2. The highest BCUT2D eigenvalue weighted by Crippen LogP contribution is 2.14. The summed E-state index contributed by atoms with van der Waals surface area (Å²) in [7, 11) is 0. The highest BCUT2D eigenvalue weighted by Gasteiger charge is 2.09. The van der Waals surface area contributed by atoms with E-state index in [-0.39, 0.29) is 11.7 Å². The third-order valence-corrected chi connectivity index (χ3v) is 3.40. The van der Waals surface area contributed by atoms with Gasteiger partial charge in [-0.1, -0.05) is 47.6 Å². The van der Waals surface area contributed by atoms with Crippen LogP contribution in [-0.4, -0.2) is 21.0 Å². The summed E-state index contributed by atoms with van der Waals surface area (Å²) in [6.07, 6.45) is 3.16. The highest BCUT2D eigenvalue weighted by atomic mass is 16.6. The van der Waals surface area contributed by atoms with Crippen molar-refractivity contribution in [2.24, 2.45) is 0 Å². The first kappa shape index (κ1) is 17.0. The standard InChI is InChI=1S/C18H14N4O4/c23-16(10-9-14-7-4-8-15(11-14)22(24)25)19-18-21-20-17(26-18)12-13-5-2-1-3-6-13/h1-11H,12H2,(H,19,21,23)/b10-9+. The van der Waals surface area contributed by atoms with E-state index in [0.717, 1.165) is 5.56 Å². The van der Waals surface area contributed by atoms with Crippen molar-refractivity contribution in [3.63, 3.8) is 0 Å². The SMILES string of the molecule is O=C(/C=C/c1cccc([N+](=O)[O-])c1)Nc1nnc(Cc2ccccc2)o1. The molecule has 2 aromatic carbocycles. The van der Waals surface area contributed by atoms with Gasteiger partial charge >= 0.3 is 6.01 Å². The number of nitro benzene ring substituents is 1. The van der Waals surface area contributed by atoms with Crippen molar-refractivity contribution in [3.05, 3.63) is 87.8 Å². The fraction of sp³-hybridized carbons (Fsp3) is 0.0556. The monoisotopic (exact) mass is 350 g/mol. The van der Waals surface area contributed by atoms with Gasteiger partial charge in [0.2, 0.25) is 5.89 Å². The van der Waals surface area contributed by atoms with Gasteiger partial charge in [0.15, 0.2) is 0 Å². The molecule has 0 aliphatic rings. The number of hydrogen-bond acceptors (Lipinski definition) is 6. The Balaban J connectivity index is 1.60. The quantitative estimate of drug-likeness (QED) is 0.415. The van der Waals surface area contributed by atoms with Crippen LogP contribution in [0, 0.1) is 10.1 Å². The third-order valence-electron chi connectivity index (χ3n) is 3.40. The lowest BCUT2D eigenvalue weighted by Crippen LogP contribution is -2.07. The summed E-state index contributed by atoms with van der Waals surface area (Å²) in [5, 5.41) is 20.9. The zero-order chi connectivity index (χ0) is 18.4. The van der Waals surface area contributed by atoms with Gasteiger partial charge in [0.05, 0.1) is 11.3 Å². The van der Waals surface area contributed by atoms with Crippen LogP contribution in [0.15, 0.2) is 65.1 Å². The molecule has 1 amide bonds. The van der Waals surface area contributed by atoms with Gasteiger partial charge in [0.25, 0.3) is 11.6 Å². The lowest BCUT2D eigenvalue weighted by molar-refractivity contribution is -0.384. The van der Waals surface area contributed by atoms with Gasteiger partial charge in [-0.15, -0.1) is 5.10 Å². The summed E-state index contributed by atoms with van der Waals surface area (Å²) in [5.74, 6) is -0.0967. The summed E-state index contributed by atoms with van der Waals surface area (Å²) in [6.45, 7) is 0. The van der Waals surface area contributed by atoms with Crippen LogP contribution >= 0.6 is 0 Å². The molecule has 1 heterocycles. The molecule has 0 bridgehead atoms. The minimum atomic E-state index is -0.496. The normalized spacial score (nSPS) is 10.8. The van der Waals surface area contributed by atoms with Gasteiger partial charge in [0.1, 0.15) is 0 Å². The molecule has 0 aliphatic heterocycles. The topological polar surface area (TPSA) is 111 Å². The van der Waals surface area contributed by atoms with E-state index >= 15 is 0 Å². The first-order chi connectivity index (χ1) is 12.6. The maximum absolute atomic E-state index is 11.9. The summed E-state index contributed by atoms with van der Waals surface area (Å²) in [5.41, 5.74) is 1.50. The molecule has 0 spiro atoms. The molecule has 0 saturated heterocycles. The number of aromatic nitrogens is 2. The zero-order valence-corrected chi connectivity index (χ0v) is 13.5. The van der Waals surface area contributed by atoms with Crippen molar-refractivity contribution >= 4 is 23.7 Å². The number of hydrogen-bond donors (Lipinski definition) is 1. The summed E-state index contributed by atoms with van der Waals surface area (Å²) >= 11 is 0. The molecule has 0 atom stereocenters. The van der Waals surface area contributed by atoms with Gasteiger partial charge in [0, 0.05) is 18.2 Å². The molecule has 0 fully saturated rings. The van der Waals surface area contributed by atoms with Gasteiger partial charge in [-0.05, 0) is 17.2 Å². The number of nitro groups is 1. The molecule has 130 valence electrons. The van der Waals surface area contributed by atoms with E-state index in [2.05, 4.69) is 15.5 Å². The Hall–Kier alpha value is -3.81. The second-order valence-electron chi connectivity index (χ2n) is 5.34. The van der Waals surface area contributed by atoms with Crippen molar-refractivity contribution in [1.82, 2.24) is 10.2 Å². The van der Waals surface area contributed by atoms with E-state index in [4.69, 9.17) is 4.42 Å². The van der Waals surface area contributed by atoms with Crippen LogP contribution in [0.5, 0.6) is 0 Å². The molecule has 1 N–H and O–H groups in total. The predicted molar refractivity (Wildman–Crippen MR) is 94.3 cm³/mol. The van der Waals surface area contributed by atoms with Crippen molar-refractivity contribution in [2.75, 3.05) is 5.32 Å². The predicted octanol–water partition coefficient (Wildman–Crippen LogP) is 3.22. The lowest BCUT2D eigenvalue weighted by Gasteiger charge is -1.96. The van der Waals surface area contributed by atoms with E-state index in [1.165, 1.54) is 24.3 Å². The molecular formula is C18H14N4O4. The van der Waals surface area contributed by atoms with Crippen molar-refractivity contribution in [2.45, 2.75) is 6.42 Å². The maximum Gasteiger partial charge on any atom is 0.322 e. The van der Waals surface area contributed by atoms with Crippen LogP contribution in [0.3, 0.4) is 0 Å². The van der Waals surface area contributed by atoms with E-state index in [0.29, 0.717) is 17.9 Å². The largest absolute Gasteiger partial charge is 0.407 e. The van der Waals surface area contributed by atoms with Crippen molar-refractivity contribution in [3.8, 4) is 0 Å². The van der Waals surface area contributed by atoms with E-state index in [1.807, 2.05) is 30.3 Å². The molecule has 3 aromatic rings. The minimum absolute atomic E-state index is 0.00961. The second-order valence-corrected chi connectivity index (χ2v) is 5.34. The Kier molecular flexibility index (Phi) is 5.14. The first-order valence-corrected chi connectivity index (χ1v) is 7.70. The maximum atomic E-state index is 11.9. The van der Waals surface area contributed by atoms with Crippen molar-refractivity contribution in [1.29, 1.82) is 0 Å². The molecule has 0 unspecified atom stereocenters. The highest BCUT2D eigenvalue weighted by molar-refractivity contribution is 6.00. The van der Waals surface area contributed by atoms with Crippen LogP contribution in [0.2, 0.25) is 0 Å². The number of nitrogens with one attached hydrogen (secondary N) is 1.